The zero-order chi connectivity index (χ0) is 43.8. The summed E-state index contributed by atoms with van der Waals surface area (Å²) in [6, 6.07) is 23.3. The molecule has 2 aromatic heterocycles. The Labute approximate surface area is 354 Å². The highest BCUT2D eigenvalue weighted by atomic mass is 16.4. The molecule has 1 fully saturated rings. The first-order valence-electron chi connectivity index (χ1n) is 20.6. The molecule has 1 saturated heterocycles. The summed E-state index contributed by atoms with van der Waals surface area (Å²) in [5.74, 6) is -0.928. The Balaban J connectivity index is 1.42. The molecule has 5 atom stereocenters. The highest BCUT2D eigenvalue weighted by Crippen LogP contribution is 2.29. The fourth-order valence-electron chi connectivity index (χ4n) is 7.81. The lowest BCUT2D eigenvalue weighted by molar-refractivity contribution is -0.130. The average molecular weight is 820 g/mol. The van der Waals surface area contributed by atoms with Crippen LogP contribution in [-0.4, -0.2) is 97.3 Å². The molecule has 13 heteroatoms. The number of carboxylic acid groups (broad SMARTS) is 1. The number of carbonyl (C=O) groups is 4. The molecule has 4 aromatic rings. The minimum absolute atomic E-state index is 0.0411. The van der Waals surface area contributed by atoms with Crippen molar-refractivity contribution in [2.45, 2.75) is 111 Å². The quantitative estimate of drug-likeness (QED) is 0.0875. The maximum atomic E-state index is 14.6. The number of hydrogen-bond acceptors (Lipinski definition) is 7. The fraction of sp³-hybridized carbons (Fsp3) is 0.447. The van der Waals surface area contributed by atoms with Crippen LogP contribution in [0.3, 0.4) is 0 Å². The molecule has 0 saturated carbocycles. The highest BCUT2D eigenvalue weighted by molar-refractivity contribution is 5.89. The van der Waals surface area contributed by atoms with Gasteiger partial charge >= 0.3 is 12.1 Å². The summed E-state index contributed by atoms with van der Waals surface area (Å²) >= 11 is 0. The predicted octanol–water partition coefficient (Wildman–Crippen LogP) is 6.30. The van der Waals surface area contributed by atoms with E-state index in [9.17, 15) is 29.4 Å². The lowest BCUT2D eigenvalue weighted by atomic mass is 9.84. The van der Waals surface area contributed by atoms with Gasteiger partial charge in [-0.05, 0) is 84.9 Å². The highest BCUT2D eigenvalue weighted by Gasteiger charge is 2.44. The van der Waals surface area contributed by atoms with Gasteiger partial charge in [0.05, 0.1) is 30.1 Å². The summed E-state index contributed by atoms with van der Waals surface area (Å²) in [7, 11) is 0. The molecule has 13 nitrogen and oxygen atoms in total. The Morgan fingerprint density at radius 3 is 2.08 bits per heavy atom. The van der Waals surface area contributed by atoms with Gasteiger partial charge < -0.3 is 36.0 Å². The summed E-state index contributed by atoms with van der Waals surface area (Å²) in [4.78, 5) is 66.6. The maximum absolute atomic E-state index is 14.6. The minimum atomic E-state index is -1.34. The van der Waals surface area contributed by atoms with E-state index in [1.807, 2.05) is 120 Å². The van der Waals surface area contributed by atoms with Crippen LogP contribution in [0, 0.1) is 24.7 Å². The molecule has 5 N–H and O–H groups in total. The lowest BCUT2D eigenvalue weighted by Crippen LogP contribution is -2.59. The number of aryl methyl sites for hydroxylation is 2. The second kappa shape index (κ2) is 19.5. The number of nitrogens with zero attached hydrogens (tertiary/aromatic N) is 4. The number of nitrogens with one attached hydrogen (secondary N) is 3. The van der Waals surface area contributed by atoms with Gasteiger partial charge in [-0.15, -0.1) is 0 Å². The van der Waals surface area contributed by atoms with Crippen LogP contribution in [0.15, 0.2) is 91.1 Å². The number of carbonyl (C=O) groups excluding carboxylic acids is 3. The van der Waals surface area contributed by atoms with E-state index in [4.69, 9.17) is 0 Å². The molecule has 0 aliphatic carbocycles. The zero-order valence-corrected chi connectivity index (χ0v) is 36.1. The van der Waals surface area contributed by atoms with Gasteiger partial charge in [-0.2, -0.15) is 0 Å². The van der Waals surface area contributed by atoms with E-state index >= 15 is 0 Å². The molecule has 2 aromatic carbocycles. The summed E-state index contributed by atoms with van der Waals surface area (Å²) in [6.07, 6.45) is -0.155. The van der Waals surface area contributed by atoms with Crippen LogP contribution in [0.1, 0.15) is 76.0 Å². The third-order valence-corrected chi connectivity index (χ3v) is 10.8. The first-order chi connectivity index (χ1) is 28.3. The van der Waals surface area contributed by atoms with Crippen molar-refractivity contribution in [3.8, 4) is 11.3 Å². The van der Waals surface area contributed by atoms with Crippen molar-refractivity contribution < 1.29 is 29.4 Å². The first kappa shape index (κ1) is 45.3. The molecule has 0 spiro atoms. The Hall–Kier alpha value is -5.82. The van der Waals surface area contributed by atoms with Crippen molar-refractivity contribution >= 4 is 23.9 Å². The molecular weight excluding hydrogens is 759 g/mol. The minimum Gasteiger partial charge on any atom is -0.465 e. The molecule has 1 aliphatic heterocycles. The predicted molar refractivity (Wildman–Crippen MR) is 232 cm³/mol. The topological polar surface area (TPSA) is 177 Å². The van der Waals surface area contributed by atoms with E-state index in [1.54, 1.807) is 36.8 Å². The summed E-state index contributed by atoms with van der Waals surface area (Å²) in [6.45, 7) is 16.1. The van der Waals surface area contributed by atoms with E-state index < -0.39 is 53.1 Å². The van der Waals surface area contributed by atoms with Gasteiger partial charge in [0.2, 0.25) is 11.8 Å². The molecule has 1 aliphatic rings. The number of urea groups is 1. The second-order valence-corrected chi connectivity index (χ2v) is 18.1. The monoisotopic (exact) mass is 819 g/mol. The van der Waals surface area contributed by atoms with Crippen molar-refractivity contribution in [1.82, 2.24) is 35.7 Å². The van der Waals surface area contributed by atoms with E-state index in [1.165, 1.54) is 0 Å². The Morgan fingerprint density at radius 1 is 0.783 bits per heavy atom. The van der Waals surface area contributed by atoms with Crippen LogP contribution in [0.5, 0.6) is 0 Å². The van der Waals surface area contributed by atoms with E-state index in [-0.39, 0.29) is 24.8 Å². The summed E-state index contributed by atoms with van der Waals surface area (Å²) in [5, 5.41) is 30.3. The number of rotatable bonds is 16. The molecule has 0 radical (unpaired) electrons. The van der Waals surface area contributed by atoms with E-state index in [0.29, 0.717) is 26.1 Å². The number of pyridine rings is 2. The van der Waals surface area contributed by atoms with Crippen LogP contribution in [-0.2, 0) is 29.0 Å². The van der Waals surface area contributed by atoms with Gasteiger partial charge in [-0.25, -0.2) is 9.59 Å². The maximum Gasteiger partial charge on any atom is 0.405 e. The van der Waals surface area contributed by atoms with Gasteiger partial charge in [0.1, 0.15) is 12.1 Å². The normalized spacial score (nSPS) is 15.8. The lowest BCUT2D eigenvalue weighted by Gasteiger charge is -2.38. The van der Waals surface area contributed by atoms with Crippen molar-refractivity contribution in [2.24, 2.45) is 10.8 Å². The molecule has 320 valence electrons. The molecular formula is C47H61N7O6. The molecule has 5 rings (SSSR count). The van der Waals surface area contributed by atoms with Crippen molar-refractivity contribution in [3.63, 3.8) is 0 Å². The molecule has 3 heterocycles. The number of benzene rings is 2. The van der Waals surface area contributed by atoms with Gasteiger partial charge in [0, 0.05) is 36.6 Å². The van der Waals surface area contributed by atoms with Crippen molar-refractivity contribution in [3.05, 3.63) is 119 Å². The van der Waals surface area contributed by atoms with E-state index in [2.05, 4.69) is 25.9 Å². The molecule has 60 heavy (non-hydrogen) atoms. The third-order valence-electron chi connectivity index (χ3n) is 10.8. The van der Waals surface area contributed by atoms with Crippen molar-refractivity contribution in [1.29, 1.82) is 0 Å². The van der Waals surface area contributed by atoms with Gasteiger partial charge in [-0.3, -0.25) is 19.6 Å². The van der Waals surface area contributed by atoms with Crippen LogP contribution < -0.4 is 16.0 Å². The number of amides is 5. The third kappa shape index (κ3) is 12.4. The largest absolute Gasteiger partial charge is 0.465 e. The smallest absolute Gasteiger partial charge is 0.405 e. The number of aromatic nitrogens is 2. The second-order valence-electron chi connectivity index (χ2n) is 18.1. The standard InChI is InChI=1S/C47H61N7O6/c1-30-21-22-48-37(25-30)34-19-17-33(18-20-34)27-38(51-42(56)40(46(3,4)5)52-44(58)59)39(55)28-36(26-32-14-10-9-11-15-32)50-43(57)41(47(6,7)8)54-24-23-53(45(54)60)29-35-16-12-13-31(2)49-35/h9-22,25,36,38-41,52,55H,23-24,26-29H2,1-8H3,(H,50,57)(H,51,56)(H,58,59)/t36-,38-,39-,40+,41+/m0/s1. The van der Waals surface area contributed by atoms with Gasteiger partial charge in [-0.1, -0.05) is 102 Å². The number of aliphatic hydroxyl groups is 1. The van der Waals surface area contributed by atoms with Gasteiger partial charge in [0.15, 0.2) is 0 Å². The number of hydrogen-bond donors (Lipinski definition) is 5. The summed E-state index contributed by atoms with van der Waals surface area (Å²) in [5.41, 5.74) is 4.75. The van der Waals surface area contributed by atoms with Crippen LogP contribution in [0.4, 0.5) is 9.59 Å². The molecule has 5 amide bonds. The molecule has 0 bridgehead atoms. The Bertz CT molecular complexity index is 2100. The molecule has 0 unspecified atom stereocenters. The zero-order valence-electron chi connectivity index (χ0n) is 36.1. The van der Waals surface area contributed by atoms with Crippen LogP contribution >= 0.6 is 0 Å². The SMILES string of the molecule is Cc1ccnc(-c2ccc(C[C@H](NC(=O)[C@@H](NC(=O)O)C(C)(C)C)[C@@H](O)C[C@H](Cc3ccccc3)NC(=O)[C@@H](N3CCN(Cc4cccc(C)n4)C3=O)C(C)(C)C)cc2)c1. The number of aliphatic hydroxyl groups excluding tert-OH is 1. The Kier molecular flexibility index (Phi) is 14.7. The van der Waals surface area contributed by atoms with Gasteiger partial charge in [0.25, 0.3) is 0 Å². The van der Waals surface area contributed by atoms with E-state index in [0.717, 1.165) is 39.3 Å². The van der Waals surface area contributed by atoms with Crippen molar-refractivity contribution in [2.75, 3.05) is 13.1 Å². The van der Waals surface area contributed by atoms with Crippen LogP contribution in [0.25, 0.3) is 11.3 Å². The first-order valence-corrected chi connectivity index (χ1v) is 20.6. The summed E-state index contributed by atoms with van der Waals surface area (Å²) < 4.78 is 0. The van der Waals surface area contributed by atoms with Crippen LogP contribution in [0.2, 0.25) is 0 Å². The fourth-order valence-corrected chi connectivity index (χ4v) is 7.81. The Morgan fingerprint density at radius 2 is 1.47 bits per heavy atom. The average Bonchev–Trinajstić information content (AvgIpc) is 3.51.